The number of carbonyl (C=O) groups is 1. The van der Waals surface area contributed by atoms with E-state index in [-0.39, 0.29) is 23.6 Å². The highest BCUT2D eigenvalue weighted by atomic mass is 32.1. The van der Waals surface area contributed by atoms with Gasteiger partial charge in [0.15, 0.2) is 0 Å². The summed E-state index contributed by atoms with van der Waals surface area (Å²) in [6.45, 7) is 0.528. The first kappa shape index (κ1) is 18.4. The number of amides is 1. The summed E-state index contributed by atoms with van der Waals surface area (Å²) in [6, 6.07) is 3.06. The van der Waals surface area contributed by atoms with Crippen LogP contribution in [0, 0.1) is 5.82 Å². The average Bonchev–Trinajstić information content (AvgIpc) is 3.10. The number of aromatic nitrogens is 4. The van der Waals surface area contributed by atoms with Gasteiger partial charge in [0.05, 0.1) is 12.1 Å². The molecule has 1 aliphatic carbocycles. The van der Waals surface area contributed by atoms with E-state index in [2.05, 4.69) is 25.3 Å². The van der Waals surface area contributed by atoms with Gasteiger partial charge in [-0.15, -0.1) is 11.3 Å². The van der Waals surface area contributed by atoms with Gasteiger partial charge in [-0.05, 0) is 25.0 Å². The number of anilines is 1. The van der Waals surface area contributed by atoms with E-state index in [9.17, 15) is 9.18 Å². The van der Waals surface area contributed by atoms with Crippen molar-refractivity contribution in [2.24, 2.45) is 5.73 Å². The summed E-state index contributed by atoms with van der Waals surface area (Å²) in [7, 11) is 0. The highest BCUT2D eigenvalue weighted by Gasteiger charge is 2.41. The molecular formula is C19H19FN6OS. The highest BCUT2D eigenvalue weighted by molar-refractivity contribution is 7.15. The van der Waals surface area contributed by atoms with Crippen molar-refractivity contribution in [3.63, 3.8) is 0 Å². The molecule has 28 heavy (non-hydrogen) atoms. The van der Waals surface area contributed by atoms with E-state index in [1.165, 1.54) is 17.4 Å². The molecule has 1 amide bonds. The Kier molecular flexibility index (Phi) is 4.99. The highest BCUT2D eigenvalue weighted by Crippen LogP contribution is 2.43. The van der Waals surface area contributed by atoms with E-state index in [4.69, 9.17) is 5.73 Å². The number of hydrogen-bond acceptors (Lipinski definition) is 7. The smallest absolute Gasteiger partial charge is 0.222 e. The Morgan fingerprint density at radius 1 is 1.21 bits per heavy atom. The van der Waals surface area contributed by atoms with Crippen LogP contribution in [0.25, 0.3) is 10.6 Å². The molecule has 9 heteroatoms. The van der Waals surface area contributed by atoms with Crippen LogP contribution in [-0.4, -0.2) is 32.4 Å². The van der Waals surface area contributed by atoms with E-state index in [1.807, 2.05) is 0 Å². The van der Waals surface area contributed by atoms with Crippen molar-refractivity contribution in [3.05, 3.63) is 53.3 Å². The van der Waals surface area contributed by atoms with Gasteiger partial charge in [-0.25, -0.2) is 19.3 Å². The second-order valence-electron chi connectivity index (χ2n) is 6.89. The van der Waals surface area contributed by atoms with Crippen molar-refractivity contribution in [2.45, 2.75) is 31.1 Å². The maximum atomic E-state index is 14.2. The molecule has 0 spiro atoms. The Morgan fingerprint density at radius 3 is 2.64 bits per heavy atom. The van der Waals surface area contributed by atoms with Gasteiger partial charge >= 0.3 is 0 Å². The second-order valence-corrected chi connectivity index (χ2v) is 8.01. The zero-order chi connectivity index (χ0) is 19.6. The molecule has 4 rings (SSSR count). The van der Waals surface area contributed by atoms with E-state index in [0.29, 0.717) is 18.2 Å². The Morgan fingerprint density at radius 2 is 2.00 bits per heavy atom. The summed E-state index contributed by atoms with van der Waals surface area (Å²) >= 11 is 1.39. The van der Waals surface area contributed by atoms with Crippen LogP contribution >= 0.6 is 11.3 Å². The quantitative estimate of drug-likeness (QED) is 0.634. The molecule has 0 atom stereocenters. The maximum Gasteiger partial charge on any atom is 0.222 e. The van der Waals surface area contributed by atoms with Crippen molar-refractivity contribution in [1.29, 1.82) is 0 Å². The summed E-state index contributed by atoms with van der Waals surface area (Å²) in [4.78, 5) is 29.0. The van der Waals surface area contributed by atoms with Gasteiger partial charge in [-0.2, -0.15) is 0 Å². The molecule has 0 aromatic carbocycles. The fourth-order valence-corrected chi connectivity index (χ4v) is 4.25. The Labute approximate surface area is 165 Å². The van der Waals surface area contributed by atoms with E-state index in [0.717, 1.165) is 34.7 Å². The summed E-state index contributed by atoms with van der Waals surface area (Å²) in [5.41, 5.74) is 6.17. The lowest BCUT2D eigenvalue weighted by atomic mass is 9.66. The second kappa shape index (κ2) is 7.59. The van der Waals surface area contributed by atoms with Gasteiger partial charge in [0.25, 0.3) is 0 Å². The lowest BCUT2D eigenvalue weighted by Gasteiger charge is -2.41. The Hall–Kier alpha value is -2.94. The number of nitrogens with one attached hydrogen (secondary N) is 1. The fraction of sp³-hybridized carbons (Fsp3) is 0.316. The number of hydrogen-bond donors (Lipinski definition) is 2. The van der Waals surface area contributed by atoms with Crippen LogP contribution in [0.4, 0.5) is 10.3 Å². The first-order valence-electron chi connectivity index (χ1n) is 8.96. The van der Waals surface area contributed by atoms with Crippen LogP contribution in [0.5, 0.6) is 0 Å². The minimum Gasteiger partial charge on any atom is -0.369 e. The first-order valence-corrected chi connectivity index (χ1v) is 9.78. The largest absolute Gasteiger partial charge is 0.369 e. The predicted molar refractivity (Wildman–Crippen MR) is 104 cm³/mol. The van der Waals surface area contributed by atoms with Crippen molar-refractivity contribution in [2.75, 3.05) is 11.9 Å². The summed E-state index contributed by atoms with van der Waals surface area (Å²) in [5, 5.41) is 3.95. The van der Waals surface area contributed by atoms with Crippen molar-refractivity contribution < 1.29 is 9.18 Å². The molecule has 144 valence electrons. The minimum absolute atomic E-state index is 0.171. The Bertz CT molecular complexity index is 986. The molecule has 1 saturated carbocycles. The lowest BCUT2D eigenvalue weighted by molar-refractivity contribution is -0.117. The van der Waals surface area contributed by atoms with Crippen molar-refractivity contribution in [1.82, 2.24) is 19.9 Å². The molecule has 0 bridgehead atoms. The van der Waals surface area contributed by atoms with E-state index in [1.54, 1.807) is 30.9 Å². The molecule has 0 radical (unpaired) electrons. The molecule has 3 aromatic rings. The molecule has 7 nitrogen and oxygen atoms in total. The van der Waals surface area contributed by atoms with Crippen LogP contribution in [0.1, 0.15) is 29.8 Å². The standard InChI is InChI=1S/C19H19FN6OS/c20-14-3-1-6-22-16(14)19(4-2-5-19)11-26-18-24-8-12(9-25-18)17-23-10-13(28-17)7-15(21)27/h1,3,6,8-10H,2,4-5,7,11H2,(H2,21,27)(H,24,25,26). The maximum absolute atomic E-state index is 14.2. The number of primary amides is 1. The van der Waals surface area contributed by atoms with Crippen LogP contribution in [0.3, 0.4) is 0 Å². The fourth-order valence-electron chi connectivity index (χ4n) is 3.35. The van der Waals surface area contributed by atoms with Crippen molar-refractivity contribution in [3.8, 4) is 10.6 Å². The third-order valence-corrected chi connectivity index (χ3v) is 6.00. The number of nitrogens with zero attached hydrogens (tertiary/aromatic N) is 4. The van der Waals surface area contributed by atoms with Crippen molar-refractivity contribution >= 4 is 23.2 Å². The molecule has 0 saturated heterocycles. The van der Waals surface area contributed by atoms with Crippen LogP contribution in [-0.2, 0) is 16.6 Å². The average molecular weight is 398 g/mol. The molecule has 0 unspecified atom stereocenters. The number of thiazole rings is 1. The topological polar surface area (TPSA) is 107 Å². The Balaban J connectivity index is 1.44. The summed E-state index contributed by atoms with van der Waals surface area (Å²) in [5.74, 6) is -0.184. The molecule has 1 aliphatic rings. The van der Waals surface area contributed by atoms with Gasteiger partial charge in [0.1, 0.15) is 10.8 Å². The molecule has 1 fully saturated rings. The van der Waals surface area contributed by atoms with Crippen LogP contribution < -0.4 is 11.1 Å². The summed E-state index contributed by atoms with van der Waals surface area (Å²) < 4.78 is 14.2. The third-order valence-electron chi connectivity index (χ3n) is 4.96. The zero-order valence-corrected chi connectivity index (χ0v) is 15.9. The number of carbonyl (C=O) groups excluding carboxylic acids is 1. The number of nitrogens with two attached hydrogens (primary N) is 1. The van der Waals surface area contributed by atoms with Crippen LogP contribution in [0.15, 0.2) is 36.9 Å². The van der Waals surface area contributed by atoms with Gasteiger partial charge in [-0.3, -0.25) is 9.78 Å². The van der Waals surface area contributed by atoms with E-state index >= 15 is 0 Å². The molecule has 0 aliphatic heterocycles. The normalized spacial score (nSPS) is 15.0. The molecular weight excluding hydrogens is 379 g/mol. The number of halogens is 1. The van der Waals surface area contributed by atoms with Gasteiger partial charge in [0.2, 0.25) is 11.9 Å². The summed E-state index contributed by atoms with van der Waals surface area (Å²) in [6.07, 6.45) is 9.61. The zero-order valence-electron chi connectivity index (χ0n) is 15.1. The van der Waals surface area contributed by atoms with Gasteiger partial charge < -0.3 is 11.1 Å². The molecule has 3 N–H and O–H groups in total. The first-order chi connectivity index (χ1) is 13.6. The van der Waals surface area contributed by atoms with Crippen LogP contribution in [0.2, 0.25) is 0 Å². The molecule has 3 heterocycles. The third kappa shape index (κ3) is 3.70. The minimum atomic E-state index is -0.389. The number of rotatable bonds is 7. The number of pyridine rings is 1. The predicted octanol–water partition coefficient (Wildman–Crippen LogP) is 2.70. The monoisotopic (exact) mass is 398 g/mol. The molecule has 3 aromatic heterocycles. The van der Waals surface area contributed by atoms with Gasteiger partial charge in [-0.1, -0.05) is 6.42 Å². The van der Waals surface area contributed by atoms with Gasteiger partial charge in [0, 0.05) is 47.2 Å². The SMILES string of the molecule is NC(=O)Cc1cnc(-c2cnc(NCC3(c4ncccc4F)CCC3)nc2)s1. The lowest BCUT2D eigenvalue weighted by Crippen LogP contribution is -2.42. The van der Waals surface area contributed by atoms with E-state index < -0.39 is 0 Å².